The predicted molar refractivity (Wildman–Crippen MR) is 301 cm³/mol. The lowest BCUT2D eigenvalue weighted by Crippen LogP contribution is -2.61. The summed E-state index contributed by atoms with van der Waals surface area (Å²) in [4.78, 5) is 26.4. The van der Waals surface area contributed by atoms with Gasteiger partial charge in [0, 0.05) is 6.42 Å². The predicted octanol–water partition coefficient (Wildman–Crippen LogP) is 12.9. The first-order chi connectivity index (χ1) is 35.7. The number of aliphatic hydroxyl groups excluding tert-OH is 5. The number of unbranched alkanes of at least 4 members (excludes halogenated alkanes) is 20. The molecule has 1 heterocycles. The van der Waals surface area contributed by atoms with Crippen molar-refractivity contribution in [2.45, 2.75) is 256 Å². The number of carbonyl (C=O) groups excluding carboxylic acids is 2. The van der Waals surface area contributed by atoms with E-state index in [-0.39, 0.29) is 19.4 Å². The summed E-state index contributed by atoms with van der Waals surface area (Å²) in [5.41, 5.74) is 0. The lowest BCUT2D eigenvalue weighted by atomic mass is 9.99. The summed E-state index contributed by atoms with van der Waals surface area (Å²) in [7, 11) is 0. The number of amides is 1. The second-order valence-corrected chi connectivity index (χ2v) is 19.4. The van der Waals surface area contributed by atoms with Crippen LogP contribution in [0.25, 0.3) is 0 Å². The second kappa shape index (κ2) is 49.2. The Morgan fingerprint density at radius 3 is 1.63 bits per heavy atom. The van der Waals surface area contributed by atoms with Gasteiger partial charge in [0.1, 0.15) is 24.4 Å². The normalized spacial score (nSPS) is 20.2. The van der Waals surface area contributed by atoms with Gasteiger partial charge in [0.2, 0.25) is 5.91 Å². The molecule has 6 N–H and O–H groups in total. The molecule has 1 fully saturated rings. The quantitative estimate of drug-likeness (QED) is 0.0149. The van der Waals surface area contributed by atoms with Crippen molar-refractivity contribution in [2.24, 2.45) is 0 Å². The Bertz CT molecular complexity index is 1600. The molecule has 1 aliphatic heterocycles. The van der Waals surface area contributed by atoms with E-state index in [4.69, 9.17) is 14.2 Å². The molecule has 8 unspecified atom stereocenters. The van der Waals surface area contributed by atoms with Gasteiger partial charge in [-0.25, -0.2) is 0 Å². The van der Waals surface area contributed by atoms with Crippen LogP contribution in [0.2, 0.25) is 0 Å². The van der Waals surface area contributed by atoms with Crippen LogP contribution < -0.4 is 5.32 Å². The highest BCUT2D eigenvalue weighted by Crippen LogP contribution is 2.26. The summed E-state index contributed by atoms with van der Waals surface area (Å²) < 4.78 is 17.5. The van der Waals surface area contributed by atoms with E-state index >= 15 is 0 Å². The number of hydrogen-bond donors (Lipinski definition) is 6. The molecule has 1 rings (SSSR count). The fraction of sp³-hybridized carbons (Fsp3) is 0.677. The topological polar surface area (TPSA) is 175 Å². The Morgan fingerprint density at radius 2 is 1.04 bits per heavy atom. The molecule has 0 saturated carbocycles. The van der Waals surface area contributed by atoms with E-state index in [1.807, 2.05) is 54.7 Å². The van der Waals surface area contributed by atoms with Crippen molar-refractivity contribution >= 4 is 11.9 Å². The maximum absolute atomic E-state index is 13.4. The van der Waals surface area contributed by atoms with E-state index in [1.54, 1.807) is 6.08 Å². The molecule has 0 aromatic heterocycles. The number of carbonyl (C=O) groups is 2. The monoisotopic (exact) mass is 1020 g/mol. The van der Waals surface area contributed by atoms with Crippen molar-refractivity contribution in [1.82, 2.24) is 5.32 Å². The molecule has 11 heteroatoms. The third-order valence-electron chi connectivity index (χ3n) is 12.8. The van der Waals surface area contributed by atoms with Crippen molar-refractivity contribution in [1.29, 1.82) is 0 Å². The lowest BCUT2D eigenvalue weighted by Gasteiger charge is -2.41. The minimum absolute atomic E-state index is 0.0666. The highest BCUT2D eigenvalue weighted by atomic mass is 16.7. The number of hydrogen-bond acceptors (Lipinski definition) is 10. The standard InChI is InChI=1S/C62H103NO10/c1-4-7-10-13-16-19-22-24-26-27-28-30-31-34-37-40-43-46-49-55(66)61(70)63-53(54(65)48-45-42-39-36-33-21-18-15-12-9-6-3)52-71-62-60(59(69)58(68)56(51-64)72-62)73-57(67)50-47-44-41-38-35-32-29-25-23-20-17-14-11-8-5-2/h8,11,14,16-17,19-20,23-26,28-30,32,35,45,48,53-56,58-60,62,64-66,68-69H,4-7,9-10,12-13,15,18,21-22,27,31,33-34,36-44,46-47,49-52H2,1-3H3,(H,63,70)/b11-8+,17-14+,19-16-,23-20-,26-24-,29-25-,30-28-,35-32+,48-45+. The Hall–Kier alpha value is -3.68. The maximum atomic E-state index is 13.4. The van der Waals surface area contributed by atoms with E-state index in [0.717, 1.165) is 96.3 Å². The number of ether oxygens (including phenoxy) is 3. The average molecular weight is 1020 g/mol. The van der Waals surface area contributed by atoms with Crippen LogP contribution in [0.1, 0.15) is 207 Å². The minimum atomic E-state index is -1.64. The molecule has 0 spiro atoms. The molecule has 1 amide bonds. The summed E-state index contributed by atoms with van der Waals surface area (Å²) in [6.45, 7) is 5.55. The largest absolute Gasteiger partial charge is 0.454 e. The Kier molecular flexibility index (Phi) is 45.4. The van der Waals surface area contributed by atoms with Crippen LogP contribution in [0.15, 0.2) is 109 Å². The first-order valence-electron chi connectivity index (χ1n) is 28.7. The maximum Gasteiger partial charge on any atom is 0.306 e. The minimum Gasteiger partial charge on any atom is -0.454 e. The third-order valence-corrected chi connectivity index (χ3v) is 12.8. The van der Waals surface area contributed by atoms with Crippen LogP contribution in [0.5, 0.6) is 0 Å². The number of esters is 1. The molecule has 0 radical (unpaired) electrons. The summed E-state index contributed by atoms with van der Waals surface area (Å²) in [6, 6.07) is -1.05. The molecule has 0 aromatic rings. The molecule has 11 nitrogen and oxygen atoms in total. The van der Waals surface area contributed by atoms with Gasteiger partial charge >= 0.3 is 5.97 Å². The van der Waals surface area contributed by atoms with Crippen molar-refractivity contribution < 1.29 is 49.3 Å². The lowest BCUT2D eigenvalue weighted by molar-refractivity contribution is -0.305. The zero-order valence-corrected chi connectivity index (χ0v) is 45.7. The van der Waals surface area contributed by atoms with Crippen LogP contribution >= 0.6 is 0 Å². The fourth-order valence-corrected chi connectivity index (χ4v) is 8.21. The molecule has 0 aromatic carbocycles. The van der Waals surface area contributed by atoms with E-state index in [2.05, 4.69) is 74.7 Å². The van der Waals surface area contributed by atoms with Gasteiger partial charge in [-0.3, -0.25) is 9.59 Å². The van der Waals surface area contributed by atoms with Crippen molar-refractivity contribution in [3.63, 3.8) is 0 Å². The second-order valence-electron chi connectivity index (χ2n) is 19.4. The van der Waals surface area contributed by atoms with Crippen LogP contribution in [0, 0.1) is 0 Å². The molecule has 1 saturated heterocycles. The Balaban J connectivity index is 2.76. The Morgan fingerprint density at radius 1 is 0.562 bits per heavy atom. The first kappa shape index (κ1) is 67.3. The fourth-order valence-electron chi connectivity index (χ4n) is 8.21. The van der Waals surface area contributed by atoms with Gasteiger partial charge in [0.25, 0.3) is 0 Å². The highest BCUT2D eigenvalue weighted by Gasteiger charge is 2.47. The molecular formula is C62H103NO10. The molecule has 416 valence electrons. The molecule has 0 aliphatic carbocycles. The molecular weight excluding hydrogens is 919 g/mol. The summed E-state index contributed by atoms with van der Waals surface area (Å²) in [6.07, 6.45) is 55.5. The highest BCUT2D eigenvalue weighted by molar-refractivity contribution is 5.80. The molecule has 1 aliphatic rings. The van der Waals surface area contributed by atoms with Gasteiger partial charge in [0.05, 0.1) is 25.4 Å². The van der Waals surface area contributed by atoms with E-state index < -0.39 is 67.4 Å². The smallest absolute Gasteiger partial charge is 0.306 e. The van der Waals surface area contributed by atoms with Crippen molar-refractivity contribution in [3.8, 4) is 0 Å². The van der Waals surface area contributed by atoms with E-state index in [0.29, 0.717) is 12.8 Å². The van der Waals surface area contributed by atoms with Gasteiger partial charge in [-0.15, -0.1) is 0 Å². The summed E-state index contributed by atoms with van der Waals surface area (Å²) in [5.74, 6) is -1.26. The van der Waals surface area contributed by atoms with Crippen LogP contribution in [0.4, 0.5) is 0 Å². The third kappa shape index (κ3) is 37.7. The van der Waals surface area contributed by atoms with Gasteiger partial charge in [0.15, 0.2) is 12.4 Å². The number of nitrogens with one attached hydrogen (secondary N) is 1. The van der Waals surface area contributed by atoms with E-state index in [1.165, 1.54) is 64.2 Å². The first-order valence-corrected chi connectivity index (χ1v) is 28.7. The number of allylic oxidation sites excluding steroid dienone is 17. The van der Waals surface area contributed by atoms with Crippen molar-refractivity contribution in [2.75, 3.05) is 13.2 Å². The molecule has 8 atom stereocenters. The van der Waals surface area contributed by atoms with Crippen LogP contribution in [-0.2, 0) is 23.8 Å². The van der Waals surface area contributed by atoms with Crippen molar-refractivity contribution in [3.05, 3.63) is 109 Å². The Labute approximate surface area is 443 Å². The van der Waals surface area contributed by atoms with E-state index in [9.17, 15) is 35.1 Å². The molecule has 73 heavy (non-hydrogen) atoms. The average Bonchev–Trinajstić information content (AvgIpc) is 3.39. The zero-order chi connectivity index (χ0) is 53.3. The zero-order valence-electron chi connectivity index (χ0n) is 45.7. The van der Waals surface area contributed by atoms with Gasteiger partial charge in [-0.1, -0.05) is 226 Å². The molecule has 0 bridgehead atoms. The van der Waals surface area contributed by atoms with Crippen LogP contribution in [0.3, 0.4) is 0 Å². The van der Waals surface area contributed by atoms with Gasteiger partial charge in [-0.2, -0.15) is 0 Å². The number of aliphatic hydroxyl groups is 5. The number of rotatable bonds is 46. The SMILES string of the molecule is CC/C=C/C=C/C=C\C=C/C=C/CCCCCC(=O)OC1C(OCC(NC(=O)C(O)CCCCCCC/C=C\C/C=C\C/C=C\CCCCC)C(O)/C=C/CCCCCCCCCCC)OC(CO)C(O)C1O. The van der Waals surface area contributed by atoms with Gasteiger partial charge in [-0.05, 0) is 83.5 Å². The summed E-state index contributed by atoms with van der Waals surface area (Å²) in [5, 5.41) is 56.8. The van der Waals surface area contributed by atoms with Crippen LogP contribution in [-0.4, -0.2) is 99.6 Å². The summed E-state index contributed by atoms with van der Waals surface area (Å²) >= 11 is 0. The van der Waals surface area contributed by atoms with Gasteiger partial charge < -0.3 is 45.1 Å².